The molecule has 0 atom stereocenters. The molecule has 0 radical (unpaired) electrons. The summed E-state index contributed by atoms with van der Waals surface area (Å²) in [5.41, 5.74) is 9.29. The lowest BCUT2D eigenvalue weighted by atomic mass is 10.1. The van der Waals surface area contributed by atoms with E-state index in [1.807, 2.05) is 48.5 Å². The van der Waals surface area contributed by atoms with E-state index in [2.05, 4.69) is 4.98 Å². The lowest BCUT2D eigenvalue weighted by Gasteiger charge is -1.98. The van der Waals surface area contributed by atoms with Crippen molar-refractivity contribution < 1.29 is 9.53 Å². The molecule has 118 valence electrons. The first kappa shape index (κ1) is 14.4. The van der Waals surface area contributed by atoms with Crippen molar-refractivity contribution in [2.24, 2.45) is 0 Å². The van der Waals surface area contributed by atoms with Crippen LogP contribution in [0.2, 0.25) is 0 Å². The zero-order chi connectivity index (χ0) is 16.5. The summed E-state index contributed by atoms with van der Waals surface area (Å²) < 4.78 is 6.51. The van der Waals surface area contributed by atoms with Crippen LogP contribution in [0.4, 0.5) is 5.69 Å². The van der Waals surface area contributed by atoms with Gasteiger partial charge in [-0.3, -0.25) is 4.79 Å². The van der Waals surface area contributed by atoms with E-state index in [9.17, 15) is 4.79 Å². The van der Waals surface area contributed by atoms with Gasteiger partial charge in [0.2, 0.25) is 11.0 Å². The third-order valence-electron chi connectivity index (χ3n) is 3.57. The number of rotatable bonds is 4. The van der Waals surface area contributed by atoms with E-state index < -0.39 is 0 Å². The molecule has 0 aliphatic rings. The molecule has 0 saturated heterocycles. The molecule has 0 unspecified atom stereocenters. The third-order valence-corrected chi connectivity index (χ3v) is 4.37. The minimum atomic E-state index is 0.249. The number of nitrogens with zero attached hydrogens (tertiary/aromatic N) is 3. The third kappa shape index (κ3) is 2.40. The molecular formula is C17H12N4O2S. The summed E-state index contributed by atoms with van der Waals surface area (Å²) in [4.78, 5) is 14.8. The van der Waals surface area contributed by atoms with Gasteiger partial charge in [0.25, 0.3) is 6.47 Å². The van der Waals surface area contributed by atoms with Gasteiger partial charge < -0.3 is 10.5 Å². The SMILES string of the molecule is Nc1ccc2c(-c3ccccc3)nn(-c3nc(OC=O)cs3)c2c1. The number of carbonyl (C=O) groups is 1. The standard InChI is InChI=1S/C17H12N4O2S/c18-12-6-7-13-14(8-12)21(17-19-15(9-24-17)23-10-22)20-16(13)11-4-2-1-3-5-11/h1-10H,18H2. The number of carbonyl (C=O) groups excluding carboxylic acids is 1. The van der Waals surface area contributed by atoms with Gasteiger partial charge >= 0.3 is 0 Å². The molecule has 0 spiro atoms. The number of hydrogen-bond donors (Lipinski definition) is 1. The van der Waals surface area contributed by atoms with Crippen molar-refractivity contribution in [1.29, 1.82) is 0 Å². The summed E-state index contributed by atoms with van der Waals surface area (Å²) in [6.45, 7) is 0.355. The normalized spacial score (nSPS) is 10.8. The Morgan fingerprint density at radius 1 is 1.17 bits per heavy atom. The molecule has 2 aromatic heterocycles. The molecule has 0 bridgehead atoms. The predicted octanol–water partition coefficient (Wildman–Crippen LogP) is 3.27. The maximum Gasteiger partial charge on any atom is 0.299 e. The number of nitrogen functional groups attached to an aromatic ring is 1. The highest BCUT2D eigenvalue weighted by molar-refractivity contribution is 7.12. The Bertz CT molecular complexity index is 1020. The van der Waals surface area contributed by atoms with E-state index in [-0.39, 0.29) is 5.88 Å². The zero-order valence-electron chi connectivity index (χ0n) is 12.4. The molecule has 2 aromatic carbocycles. The Labute approximate surface area is 141 Å². The average Bonchev–Trinajstić information content (AvgIpc) is 3.20. The number of thiazole rings is 1. The van der Waals surface area contributed by atoms with Gasteiger partial charge in [-0.05, 0) is 18.2 Å². The Morgan fingerprint density at radius 2 is 2.00 bits per heavy atom. The highest BCUT2D eigenvalue weighted by Crippen LogP contribution is 2.32. The van der Waals surface area contributed by atoms with Crippen LogP contribution < -0.4 is 10.5 Å². The van der Waals surface area contributed by atoms with Gasteiger partial charge in [0.05, 0.1) is 10.9 Å². The average molecular weight is 336 g/mol. The van der Waals surface area contributed by atoms with Crippen LogP contribution in [-0.4, -0.2) is 21.2 Å². The maximum atomic E-state index is 10.5. The highest BCUT2D eigenvalue weighted by Gasteiger charge is 2.16. The van der Waals surface area contributed by atoms with E-state index in [1.54, 1.807) is 10.1 Å². The van der Waals surface area contributed by atoms with E-state index in [4.69, 9.17) is 15.6 Å². The molecule has 4 aromatic rings. The molecule has 0 aliphatic heterocycles. The van der Waals surface area contributed by atoms with Crippen LogP contribution in [0.5, 0.6) is 5.88 Å². The number of hydrogen-bond acceptors (Lipinski definition) is 6. The van der Waals surface area contributed by atoms with Gasteiger partial charge in [-0.25, -0.2) is 4.68 Å². The lowest BCUT2D eigenvalue weighted by molar-refractivity contribution is -0.120. The Balaban J connectivity index is 1.94. The molecule has 0 aliphatic carbocycles. The highest BCUT2D eigenvalue weighted by atomic mass is 32.1. The van der Waals surface area contributed by atoms with Crippen molar-refractivity contribution in [2.75, 3.05) is 5.73 Å². The van der Waals surface area contributed by atoms with Crippen molar-refractivity contribution in [3.05, 3.63) is 53.9 Å². The number of aromatic nitrogens is 3. The summed E-state index contributed by atoms with van der Waals surface area (Å²) in [7, 11) is 0. The van der Waals surface area contributed by atoms with Gasteiger partial charge in [-0.1, -0.05) is 41.7 Å². The van der Waals surface area contributed by atoms with Gasteiger partial charge in [-0.2, -0.15) is 10.1 Å². The summed E-state index contributed by atoms with van der Waals surface area (Å²) in [5, 5.41) is 7.94. The number of fused-ring (bicyclic) bond motifs is 1. The fraction of sp³-hybridized carbons (Fsp3) is 0. The van der Waals surface area contributed by atoms with Gasteiger partial charge in [0.15, 0.2) is 0 Å². The minimum Gasteiger partial charge on any atom is -0.409 e. The second-order valence-corrected chi connectivity index (χ2v) is 5.92. The van der Waals surface area contributed by atoms with Gasteiger partial charge in [-0.15, -0.1) is 0 Å². The predicted molar refractivity (Wildman–Crippen MR) is 93.3 cm³/mol. The fourth-order valence-corrected chi connectivity index (χ4v) is 3.23. The quantitative estimate of drug-likeness (QED) is 0.457. The van der Waals surface area contributed by atoms with E-state index in [0.29, 0.717) is 17.3 Å². The number of ether oxygens (including phenoxy) is 1. The first-order valence-corrected chi connectivity index (χ1v) is 8.04. The van der Waals surface area contributed by atoms with Gasteiger partial charge in [0.1, 0.15) is 5.69 Å². The molecule has 24 heavy (non-hydrogen) atoms. The zero-order valence-corrected chi connectivity index (χ0v) is 13.2. The van der Waals surface area contributed by atoms with Crippen LogP contribution in [0.15, 0.2) is 53.9 Å². The monoisotopic (exact) mass is 336 g/mol. The summed E-state index contributed by atoms with van der Waals surface area (Å²) in [6, 6.07) is 15.6. The van der Waals surface area contributed by atoms with Crippen molar-refractivity contribution >= 4 is 34.4 Å². The molecule has 4 rings (SSSR count). The Hall–Kier alpha value is -3.19. The summed E-state index contributed by atoms with van der Waals surface area (Å²) >= 11 is 1.34. The Kier molecular flexibility index (Phi) is 3.47. The van der Waals surface area contributed by atoms with Crippen LogP contribution in [0, 0.1) is 0 Å². The Morgan fingerprint density at radius 3 is 2.79 bits per heavy atom. The van der Waals surface area contributed by atoms with Crippen LogP contribution in [-0.2, 0) is 4.79 Å². The molecule has 2 N–H and O–H groups in total. The fourth-order valence-electron chi connectivity index (χ4n) is 2.54. The van der Waals surface area contributed by atoms with Crippen LogP contribution in [0.25, 0.3) is 27.3 Å². The molecule has 6 nitrogen and oxygen atoms in total. The molecule has 0 fully saturated rings. The number of benzene rings is 2. The minimum absolute atomic E-state index is 0.249. The van der Waals surface area contributed by atoms with E-state index in [1.165, 1.54) is 11.3 Å². The summed E-state index contributed by atoms with van der Waals surface area (Å²) in [6.07, 6.45) is 0. The summed E-state index contributed by atoms with van der Waals surface area (Å²) in [5.74, 6) is 0.249. The van der Waals surface area contributed by atoms with Crippen molar-refractivity contribution in [2.45, 2.75) is 0 Å². The van der Waals surface area contributed by atoms with Crippen molar-refractivity contribution in [1.82, 2.24) is 14.8 Å². The first-order valence-electron chi connectivity index (χ1n) is 7.16. The smallest absolute Gasteiger partial charge is 0.299 e. The first-order chi connectivity index (χ1) is 11.8. The van der Waals surface area contributed by atoms with Crippen molar-refractivity contribution in [3.63, 3.8) is 0 Å². The molecule has 2 heterocycles. The maximum absolute atomic E-state index is 10.5. The largest absolute Gasteiger partial charge is 0.409 e. The molecular weight excluding hydrogens is 324 g/mol. The number of nitrogens with two attached hydrogens (primary N) is 1. The molecule has 0 saturated carbocycles. The van der Waals surface area contributed by atoms with Gasteiger partial charge in [0, 0.05) is 16.6 Å². The van der Waals surface area contributed by atoms with Crippen LogP contribution >= 0.6 is 11.3 Å². The molecule has 0 amide bonds. The van der Waals surface area contributed by atoms with Crippen LogP contribution in [0.3, 0.4) is 0 Å². The van der Waals surface area contributed by atoms with E-state index in [0.717, 1.165) is 22.2 Å². The van der Waals surface area contributed by atoms with Crippen molar-refractivity contribution in [3.8, 4) is 22.3 Å². The van der Waals surface area contributed by atoms with E-state index >= 15 is 0 Å². The van der Waals surface area contributed by atoms with Crippen LogP contribution in [0.1, 0.15) is 0 Å². The topological polar surface area (TPSA) is 83.0 Å². The second-order valence-electron chi connectivity index (χ2n) is 5.09. The lowest BCUT2D eigenvalue weighted by Crippen LogP contribution is -1.97. The molecule has 7 heteroatoms. The second kappa shape index (κ2) is 5.78. The number of anilines is 1.